The summed E-state index contributed by atoms with van der Waals surface area (Å²) in [7, 11) is 0. The second-order valence-electron chi connectivity index (χ2n) is 5.71. The van der Waals surface area contributed by atoms with E-state index in [1.54, 1.807) is 28.9 Å². The lowest BCUT2D eigenvalue weighted by molar-refractivity contribution is -0.0544. The van der Waals surface area contributed by atoms with Crippen molar-refractivity contribution < 1.29 is 18.7 Å². The third-order valence-corrected chi connectivity index (χ3v) is 5.79. The van der Waals surface area contributed by atoms with E-state index in [4.69, 9.17) is 0 Å². The van der Waals surface area contributed by atoms with Gasteiger partial charge in [0.05, 0.1) is 27.7 Å². The highest BCUT2D eigenvalue weighted by molar-refractivity contribution is 7.99. The molecule has 0 unspecified atom stereocenters. The minimum atomic E-state index is -1.26. The van der Waals surface area contributed by atoms with E-state index in [-0.39, 0.29) is 11.6 Å². The highest BCUT2D eigenvalue weighted by Gasteiger charge is 2.22. The summed E-state index contributed by atoms with van der Waals surface area (Å²) in [4.78, 5) is 19.3. The van der Waals surface area contributed by atoms with E-state index in [1.807, 2.05) is 12.5 Å². The van der Waals surface area contributed by atoms with Crippen molar-refractivity contribution in [3.05, 3.63) is 36.5 Å². The Morgan fingerprint density at radius 2 is 2.04 bits per heavy atom. The average Bonchev–Trinajstić information content (AvgIpc) is 3.32. The van der Waals surface area contributed by atoms with Gasteiger partial charge in [0.15, 0.2) is 11.6 Å². The van der Waals surface area contributed by atoms with Crippen LogP contribution in [0.25, 0.3) is 27.7 Å². The number of anilines is 1. The van der Waals surface area contributed by atoms with Crippen LogP contribution < -0.4 is 5.32 Å². The number of aromatic amines is 1. The number of pyridine rings is 1. The monoisotopic (exact) mass is 421 g/mol. The number of aromatic nitrogens is 4. The molecule has 4 rings (SSSR count). The number of thioether (sulfide) groups is 2. The number of nitrogens with zero attached hydrogens (tertiary/aromatic N) is 3. The Morgan fingerprint density at radius 3 is 2.75 bits per heavy atom. The number of benzene rings is 1. The van der Waals surface area contributed by atoms with E-state index in [9.17, 15) is 9.32 Å². The number of fused-ring (bicyclic) bond motifs is 2. The van der Waals surface area contributed by atoms with Gasteiger partial charge >= 0.3 is 6.09 Å². The maximum Gasteiger partial charge on any atom is 0.450 e. The minimum absolute atomic E-state index is 0.127. The Morgan fingerprint density at radius 1 is 1.25 bits per heavy atom. The van der Waals surface area contributed by atoms with E-state index in [0.29, 0.717) is 26.5 Å². The van der Waals surface area contributed by atoms with Crippen LogP contribution in [0.1, 0.15) is 0 Å². The Bertz CT molecular complexity index is 1210. The van der Waals surface area contributed by atoms with E-state index in [2.05, 4.69) is 25.4 Å². The van der Waals surface area contributed by atoms with Crippen molar-refractivity contribution in [1.82, 2.24) is 19.6 Å². The van der Waals surface area contributed by atoms with Crippen molar-refractivity contribution in [2.24, 2.45) is 0 Å². The molecule has 0 radical (unpaired) electrons. The number of carbonyl (C=O) groups is 1. The van der Waals surface area contributed by atoms with E-state index >= 15 is 4.39 Å². The highest BCUT2D eigenvalue weighted by atomic mass is 32.2. The van der Waals surface area contributed by atoms with Gasteiger partial charge < -0.3 is 4.40 Å². The van der Waals surface area contributed by atoms with Gasteiger partial charge in [-0.3, -0.25) is 10.4 Å². The summed E-state index contributed by atoms with van der Waals surface area (Å²) in [5.74, 6) is -0.173. The zero-order valence-electron chi connectivity index (χ0n) is 14.6. The van der Waals surface area contributed by atoms with Crippen LogP contribution in [0.5, 0.6) is 0 Å². The van der Waals surface area contributed by atoms with Gasteiger partial charge in [-0.05, 0) is 24.6 Å². The molecule has 144 valence electrons. The zero-order chi connectivity index (χ0) is 19.8. The van der Waals surface area contributed by atoms with Gasteiger partial charge in [-0.1, -0.05) is 0 Å². The minimum Gasteiger partial charge on any atom is -0.304 e. The molecule has 1 aromatic carbocycles. The molecule has 2 N–H and O–H groups in total. The Hall–Kier alpha value is -2.79. The van der Waals surface area contributed by atoms with Crippen LogP contribution in [-0.4, -0.2) is 38.2 Å². The molecule has 3 heterocycles. The molecule has 0 saturated heterocycles. The van der Waals surface area contributed by atoms with Crippen molar-refractivity contribution in [3.63, 3.8) is 0 Å². The second-order valence-corrected chi connectivity index (χ2v) is 7.35. The Labute approximate surface area is 165 Å². The molecule has 0 bridgehead atoms. The lowest BCUT2D eigenvalue weighted by Crippen LogP contribution is -2.09. The zero-order valence-corrected chi connectivity index (χ0v) is 16.3. The number of amides is 1. The Kier molecular flexibility index (Phi) is 4.85. The number of hydrogen-bond acceptors (Lipinski definition) is 6. The third kappa shape index (κ3) is 2.96. The molecule has 28 heavy (non-hydrogen) atoms. The Balaban J connectivity index is 1.91. The summed E-state index contributed by atoms with van der Waals surface area (Å²) < 4.78 is 28.7. The first-order valence-electron chi connectivity index (χ1n) is 7.92. The second kappa shape index (κ2) is 7.32. The van der Waals surface area contributed by atoms with Crippen LogP contribution in [-0.2, 0) is 4.94 Å². The lowest BCUT2D eigenvalue weighted by atomic mass is 10.0. The van der Waals surface area contributed by atoms with Gasteiger partial charge in [0.1, 0.15) is 5.65 Å². The van der Waals surface area contributed by atoms with E-state index in [0.717, 1.165) is 10.9 Å². The number of hydrogen-bond donors (Lipinski definition) is 2. The van der Waals surface area contributed by atoms with E-state index in [1.165, 1.54) is 29.7 Å². The molecule has 3 aromatic heterocycles. The summed E-state index contributed by atoms with van der Waals surface area (Å²) in [5, 5.41) is 9.93. The number of imidazole rings is 1. The summed E-state index contributed by atoms with van der Waals surface area (Å²) in [6.45, 7) is 0. The molecule has 4 aromatic rings. The molecule has 0 spiro atoms. The van der Waals surface area contributed by atoms with Gasteiger partial charge in [-0.2, -0.15) is 5.10 Å². The standard InChI is InChI=1S/C17H13F2N5O2S2/c1-27-15-12(9-5-20-23-14(9)16(28-2)13(15)18)8-3-4-11-21-10(7-24(11)6-8)22-17(25)26-19/h3-7H,1-2H3,(H,20,23)(H,22,25). The first-order valence-corrected chi connectivity index (χ1v) is 10.4. The van der Waals surface area contributed by atoms with Gasteiger partial charge in [0.25, 0.3) is 0 Å². The first kappa shape index (κ1) is 18.6. The number of nitrogens with one attached hydrogen (secondary N) is 2. The van der Waals surface area contributed by atoms with Crippen LogP contribution >= 0.6 is 23.5 Å². The fourth-order valence-electron chi connectivity index (χ4n) is 3.09. The van der Waals surface area contributed by atoms with Crippen molar-refractivity contribution >= 4 is 52.0 Å². The molecular formula is C17H13F2N5O2S2. The molecule has 0 saturated carbocycles. The van der Waals surface area contributed by atoms with Gasteiger partial charge in [-0.15, -0.1) is 23.5 Å². The first-order chi connectivity index (χ1) is 13.6. The summed E-state index contributed by atoms with van der Waals surface area (Å²) in [6, 6.07) is 3.52. The number of carbonyl (C=O) groups excluding carboxylic acids is 1. The predicted octanol–water partition coefficient (Wildman–Crippen LogP) is 4.89. The largest absolute Gasteiger partial charge is 0.450 e. The van der Waals surface area contributed by atoms with Crippen molar-refractivity contribution in [2.45, 2.75) is 9.79 Å². The number of rotatable bonds is 4. The van der Waals surface area contributed by atoms with Crippen LogP contribution in [0.4, 0.5) is 19.5 Å². The topological polar surface area (TPSA) is 84.3 Å². The molecule has 7 nitrogen and oxygen atoms in total. The SMILES string of the molecule is CSc1c(F)c(SC)c2[nH]ncc2c1-c1ccc2nc(NC(=O)OF)cn2c1. The fourth-order valence-corrected chi connectivity index (χ4v) is 4.51. The summed E-state index contributed by atoms with van der Waals surface area (Å²) in [5.41, 5.74) is 2.61. The van der Waals surface area contributed by atoms with Gasteiger partial charge in [-0.25, -0.2) is 19.1 Å². The molecule has 1 amide bonds. The van der Waals surface area contributed by atoms with Crippen LogP contribution in [0.3, 0.4) is 0 Å². The van der Waals surface area contributed by atoms with Crippen molar-refractivity contribution in [3.8, 4) is 11.1 Å². The molecule has 0 aliphatic carbocycles. The third-order valence-electron chi connectivity index (χ3n) is 4.21. The predicted molar refractivity (Wildman–Crippen MR) is 105 cm³/mol. The highest BCUT2D eigenvalue weighted by Crippen LogP contribution is 2.43. The summed E-state index contributed by atoms with van der Waals surface area (Å²) >= 11 is 2.64. The van der Waals surface area contributed by atoms with Gasteiger partial charge in [0, 0.05) is 27.2 Å². The quantitative estimate of drug-likeness (QED) is 0.456. The lowest BCUT2D eigenvalue weighted by Gasteiger charge is -2.14. The maximum absolute atomic E-state index is 15.1. The molecule has 0 fully saturated rings. The molecule has 0 aliphatic rings. The van der Waals surface area contributed by atoms with Crippen LogP contribution in [0, 0.1) is 5.82 Å². The van der Waals surface area contributed by atoms with Crippen LogP contribution in [0.15, 0.2) is 40.5 Å². The average molecular weight is 421 g/mol. The molecule has 0 aliphatic heterocycles. The number of halogens is 2. The fraction of sp³-hybridized carbons (Fsp3) is 0.118. The molecule has 11 heteroatoms. The van der Waals surface area contributed by atoms with E-state index < -0.39 is 6.09 Å². The summed E-state index contributed by atoms with van der Waals surface area (Å²) in [6.07, 6.45) is 7.31. The maximum atomic E-state index is 15.1. The molecule has 0 atom stereocenters. The van der Waals surface area contributed by atoms with Gasteiger partial charge in [0.2, 0.25) is 0 Å². The molecular weight excluding hydrogens is 408 g/mol. The van der Waals surface area contributed by atoms with Crippen LogP contribution in [0.2, 0.25) is 0 Å². The van der Waals surface area contributed by atoms with Crippen molar-refractivity contribution in [1.29, 1.82) is 0 Å². The normalized spacial score (nSPS) is 11.3. The smallest absolute Gasteiger partial charge is 0.304 e. The number of H-pyrrole nitrogens is 1. The van der Waals surface area contributed by atoms with Crippen molar-refractivity contribution in [2.75, 3.05) is 17.8 Å².